The lowest BCUT2D eigenvalue weighted by Crippen LogP contribution is -2.41. The molecule has 11 heteroatoms. The molecule has 0 radical (unpaired) electrons. The van der Waals surface area contributed by atoms with Crippen LogP contribution in [0.2, 0.25) is 0 Å². The number of para-hydroxylation sites is 1. The van der Waals surface area contributed by atoms with E-state index in [1.165, 1.54) is 21.5 Å². The number of hydrogen-bond donors (Lipinski definition) is 2. The molecular formula is C20H24N6O4S. The smallest absolute Gasteiger partial charge is 0.295 e. The standard InChI is InChI=1S/C20H24N6O4S/c1-14-18(20(28)26(24(14)2)16-6-4-3-5-7-16)23-19(27)15-8-10-25(11-9-15)31(29,30)17-12-21-13-22-17/h3-7,12-13,15H,8-11H2,1-2H3,(H,21,22)(H,23,27). The number of nitrogens with one attached hydrogen (secondary N) is 2. The van der Waals surface area contributed by atoms with Crippen LogP contribution in [-0.4, -0.2) is 51.1 Å². The molecule has 0 unspecified atom stereocenters. The Bertz CT molecular complexity index is 1240. The first-order valence-electron chi connectivity index (χ1n) is 9.94. The summed E-state index contributed by atoms with van der Waals surface area (Å²) in [6, 6.07) is 9.19. The van der Waals surface area contributed by atoms with Crippen molar-refractivity contribution >= 4 is 21.6 Å². The summed E-state index contributed by atoms with van der Waals surface area (Å²) in [5.41, 5.74) is 1.28. The Hall–Kier alpha value is -3.18. The largest absolute Gasteiger partial charge is 0.335 e. The predicted octanol–water partition coefficient (Wildman–Crippen LogP) is 1.25. The van der Waals surface area contributed by atoms with Crippen molar-refractivity contribution in [2.45, 2.75) is 24.8 Å². The van der Waals surface area contributed by atoms with Crippen LogP contribution in [0.3, 0.4) is 0 Å². The number of piperidine rings is 1. The average molecular weight is 445 g/mol. The number of sulfonamides is 1. The number of imidazole rings is 1. The molecule has 1 aromatic carbocycles. The zero-order valence-corrected chi connectivity index (χ0v) is 18.1. The molecule has 0 saturated carbocycles. The Kier molecular flexibility index (Phi) is 5.54. The number of amides is 1. The number of rotatable bonds is 5. The molecule has 4 rings (SSSR count). The van der Waals surface area contributed by atoms with E-state index in [-0.39, 0.29) is 41.2 Å². The van der Waals surface area contributed by atoms with Crippen LogP contribution in [0, 0.1) is 12.8 Å². The summed E-state index contributed by atoms with van der Waals surface area (Å²) in [7, 11) is -1.88. The summed E-state index contributed by atoms with van der Waals surface area (Å²) in [5, 5.41) is 2.82. The van der Waals surface area contributed by atoms with Crippen LogP contribution in [0.1, 0.15) is 18.5 Å². The van der Waals surface area contributed by atoms with Crippen molar-refractivity contribution in [1.29, 1.82) is 0 Å². The zero-order chi connectivity index (χ0) is 22.2. The molecule has 1 saturated heterocycles. The van der Waals surface area contributed by atoms with Crippen LogP contribution in [0.5, 0.6) is 0 Å². The highest BCUT2D eigenvalue weighted by molar-refractivity contribution is 7.89. The maximum absolute atomic E-state index is 13.0. The van der Waals surface area contributed by atoms with Crippen molar-refractivity contribution in [2.75, 3.05) is 18.4 Å². The molecule has 2 N–H and O–H groups in total. The van der Waals surface area contributed by atoms with Crippen molar-refractivity contribution in [1.82, 2.24) is 23.6 Å². The fourth-order valence-electron chi connectivity index (χ4n) is 3.82. The first-order chi connectivity index (χ1) is 14.8. The van der Waals surface area contributed by atoms with E-state index in [4.69, 9.17) is 0 Å². The fraction of sp³-hybridized carbons (Fsp3) is 0.350. The Morgan fingerprint density at radius 2 is 1.87 bits per heavy atom. The van der Waals surface area contributed by atoms with E-state index in [0.29, 0.717) is 24.2 Å². The van der Waals surface area contributed by atoms with Crippen LogP contribution in [-0.2, 0) is 21.9 Å². The molecular weight excluding hydrogens is 420 g/mol. The number of benzene rings is 1. The van der Waals surface area contributed by atoms with Gasteiger partial charge in [-0.1, -0.05) is 18.2 Å². The van der Waals surface area contributed by atoms with Crippen LogP contribution in [0.15, 0.2) is 52.7 Å². The molecule has 0 bridgehead atoms. The molecule has 1 amide bonds. The van der Waals surface area contributed by atoms with Gasteiger partial charge in [-0.05, 0) is 31.9 Å². The van der Waals surface area contributed by atoms with Gasteiger partial charge in [0.05, 0.1) is 23.9 Å². The number of nitrogens with zero attached hydrogens (tertiary/aromatic N) is 4. The predicted molar refractivity (Wildman–Crippen MR) is 114 cm³/mol. The molecule has 0 atom stereocenters. The second kappa shape index (κ2) is 8.16. The van der Waals surface area contributed by atoms with Gasteiger partial charge in [0.1, 0.15) is 5.69 Å². The van der Waals surface area contributed by atoms with Crippen molar-refractivity contribution in [2.24, 2.45) is 13.0 Å². The van der Waals surface area contributed by atoms with Crippen molar-refractivity contribution in [3.63, 3.8) is 0 Å². The molecule has 2 aromatic heterocycles. The topological polar surface area (TPSA) is 122 Å². The lowest BCUT2D eigenvalue weighted by atomic mass is 9.97. The van der Waals surface area contributed by atoms with Crippen LogP contribution in [0.4, 0.5) is 5.69 Å². The number of aromatic nitrogens is 4. The van der Waals surface area contributed by atoms with Gasteiger partial charge in [-0.2, -0.15) is 4.31 Å². The van der Waals surface area contributed by atoms with Gasteiger partial charge in [0.15, 0.2) is 5.03 Å². The van der Waals surface area contributed by atoms with Crippen LogP contribution in [0.25, 0.3) is 5.69 Å². The first-order valence-corrected chi connectivity index (χ1v) is 11.4. The van der Waals surface area contributed by atoms with Crippen molar-refractivity contribution < 1.29 is 13.2 Å². The monoisotopic (exact) mass is 444 g/mol. The van der Waals surface area contributed by atoms with Gasteiger partial charge in [-0.15, -0.1) is 0 Å². The Balaban J connectivity index is 1.47. The maximum Gasteiger partial charge on any atom is 0.295 e. The van der Waals surface area contributed by atoms with Gasteiger partial charge in [0.25, 0.3) is 15.6 Å². The van der Waals surface area contributed by atoms with E-state index in [1.807, 2.05) is 30.3 Å². The molecule has 3 aromatic rings. The third kappa shape index (κ3) is 3.81. The van der Waals surface area contributed by atoms with Gasteiger partial charge < -0.3 is 10.3 Å². The van der Waals surface area contributed by atoms with Crippen LogP contribution >= 0.6 is 0 Å². The number of aromatic amines is 1. The SMILES string of the molecule is Cc1c(NC(=O)C2CCN(S(=O)(=O)c3cnc[nH]3)CC2)c(=O)n(-c2ccccc2)n1C. The maximum atomic E-state index is 13.0. The molecule has 3 heterocycles. The first kappa shape index (κ1) is 21.1. The summed E-state index contributed by atoms with van der Waals surface area (Å²) in [4.78, 5) is 32.2. The van der Waals surface area contributed by atoms with E-state index in [0.717, 1.165) is 0 Å². The molecule has 31 heavy (non-hydrogen) atoms. The molecule has 1 fully saturated rings. The summed E-state index contributed by atoms with van der Waals surface area (Å²) in [6.45, 7) is 2.22. The van der Waals surface area contributed by atoms with Gasteiger partial charge in [0, 0.05) is 26.1 Å². The van der Waals surface area contributed by atoms with Crippen molar-refractivity contribution in [3.05, 3.63) is 58.9 Å². The average Bonchev–Trinajstić information content (AvgIpc) is 3.39. The van der Waals surface area contributed by atoms with E-state index in [1.54, 1.807) is 18.7 Å². The number of anilines is 1. The fourth-order valence-corrected chi connectivity index (χ4v) is 5.18. The highest BCUT2D eigenvalue weighted by atomic mass is 32.2. The van der Waals surface area contributed by atoms with Gasteiger partial charge in [-0.3, -0.25) is 14.3 Å². The van der Waals surface area contributed by atoms with E-state index >= 15 is 0 Å². The Morgan fingerprint density at radius 3 is 2.48 bits per heavy atom. The summed E-state index contributed by atoms with van der Waals surface area (Å²) >= 11 is 0. The van der Waals surface area contributed by atoms with Crippen LogP contribution < -0.4 is 10.9 Å². The molecule has 0 spiro atoms. The number of H-pyrrole nitrogens is 1. The minimum absolute atomic E-state index is 0.0387. The normalized spacial score (nSPS) is 15.8. The lowest BCUT2D eigenvalue weighted by molar-refractivity contribution is -0.120. The zero-order valence-electron chi connectivity index (χ0n) is 17.3. The molecule has 1 aliphatic rings. The molecule has 0 aliphatic carbocycles. The number of carbonyl (C=O) groups excluding carboxylic acids is 1. The third-order valence-electron chi connectivity index (χ3n) is 5.72. The Labute approximate surface area is 179 Å². The quantitative estimate of drug-likeness (QED) is 0.613. The second-order valence-electron chi connectivity index (χ2n) is 7.52. The van der Waals surface area contributed by atoms with E-state index in [2.05, 4.69) is 15.3 Å². The number of hydrogen-bond acceptors (Lipinski definition) is 5. The summed E-state index contributed by atoms with van der Waals surface area (Å²) in [6.07, 6.45) is 3.33. The lowest BCUT2D eigenvalue weighted by Gasteiger charge is -2.29. The van der Waals surface area contributed by atoms with Gasteiger partial charge in [0.2, 0.25) is 5.91 Å². The molecule has 10 nitrogen and oxygen atoms in total. The highest BCUT2D eigenvalue weighted by Gasteiger charge is 2.33. The van der Waals surface area contributed by atoms with Gasteiger partial charge in [-0.25, -0.2) is 18.1 Å². The minimum atomic E-state index is -3.65. The van der Waals surface area contributed by atoms with Gasteiger partial charge >= 0.3 is 0 Å². The van der Waals surface area contributed by atoms with Crippen molar-refractivity contribution in [3.8, 4) is 5.69 Å². The molecule has 164 valence electrons. The number of carbonyl (C=O) groups is 1. The summed E-state index contributed by atoms with van der Waals surface area (Å²) < 4.78 is 29.7. The Morgan fingerprint density at radius 1 is 1.19 bits per heavy atom. The van der Waals surface area contributed by atoms with E-state index in [9.17, 15) is 18.0 Å². The molecule has 1 aliphatic heterocycles. The third-order valence-corrected chi connectivity index (χ3v) is 7.54. The second-order valence-corrected chi connectivity index (χ2v) is 9.43. The highest BCUT2D eigenvalue weighted by Crippen LogP contribution is 2.24. The minimum Gasteiger partial charge on any atom is -0.335 e. The van der Waals surface area contributed by atoms with E-state index < -0.39 is 10.0 Å². The summed E-state index contributed by atoms with van der Waals surface area (Å²) in [5.74, 6) is -0.651.